The molecule has 3 heteroatoms. The Balaban J connectivity index is 2.96. The Labute approximate surface area is 89.6 Å². The monoisotopic (exact) mass is 200 g/mol. The van der Waals surface area contributed by atoms with Crippen molar-refractivity contribution in [2.45, 2.75) is 20.0 Å². The van der Waals surface area contributed by atoms with Crippen LogP contribution in [0, 0.1) is 28.6 Å². The highest BCUT2D eigenvalue weighted by molar-refractivity contribution is 5.46. The second-order valence-corrected chi connectivity index (χ2v) is 3.42. The summed E-state index contributed by atoms with van der Waals surface area (Å²) in [5, 5.41) is 17.5. The quantitative estimate of drug-likeness (QED) is 0.688. The second kappa shape index (κ2) is 4.48. The molecule has 0 N–H and O–H groups in total. The lowest BCUT2D eigenvalue weighted by Gasteiger charge is -2.19. The third-order valence-electron chi connectivity index (χ3n) is 2.12. The van der Waals surface area contributed by atoms with E-state index in [-0.39, 0.29) is 6.10 Å². The van der Waals surface area contributed by atoms with Crippen molar-refractivity contribution >= 4 is 0 Å². The van der Waals surface area contributed by atoms with Gasteiger partial charge in [-0.05, 0) is 37.1 Å². The van der Waals surface area contributed by atoms with Gasteiger partial charge in [-0.15, -0.1) is 0 Å². The van der Waals surface area contributed by atoms with E-state index in [1.54, 1.807) is 6.08 Å². The standard InChI is InChI=1S/C12H12N2O/c1-8-4-11(5-9(2)15-8)10(3)12(6-13)7-14/h4-5,8,12H,3H2,1-2H3. The molecule has 3 nitrogen and oxygen atoms in total. The highest BCUT2D eigenvalue weighted by atomic mass is 16.5. The molecular formula is C12H12N2O. The van der Waals surface area contributed by atoms with E-state index in [4.69, 9.17) is 15.3 Å². The third kappa shape index (κ3) is 2.48. The zero-order valence-corrected chi connectivity index (χ0v) is 8.82. The van der Waals surface area contributed by atoms with Gasteiger partial charge in [-0.1, -0.05) is 6.58 Å². The van der Waals surface area contributed by atoms with Crippen LogP contribution >= 0.6 is 0 Å². The number of ether oxygens (including phenoxy) is 1. The number of nitriles is 2. The van der Waals surface area contributed by atoms with Crippen LogP contribution in [0.5, 0.6) is 0 Å². The molecule has 0 aromatic heterocycles. The first-order chi connectivity index (χ1) is 7.08. The van der Waals surface area contributed by atoms with Crippen LogP contribution in [0.1, 0.15) is 13.8 Å². The van der Waals surface area contributed by atoms with Crippen LogP contribution < -0.4 is 0 Å². The van der Waals surface area contributed by atoms with Gasteiger partial charge in [0, 0.05) is 0 Å². The summed E-state index contributed by atoms with van der Waals surface area (Å²) >= 11 is 0. The minimum absolute atomic E-state index is 0.0419. The Morgan fingerprint density at radius 3 is 2.60 bits per heavy atom. The molecule has 0 aromatic carbocycles. The van der Waals surface area contributed by atoms with Gasteiger partial charge in [-0.25, -0.2) is 0 Å². The van der Waals surface area contributed by atoms with Gasteiger partial charge in [0.05, 0.1) is 17.9 Å². The Kier molecular flexibility index (Phi) is 3.31. The Morgan fingerprint density at radius 2 is 2.13 bits per heavy atom. The number of nitrogens with zero attached hydrogens (tertiary/aromatic N) is 2. The third-order valence-corrected chi connectivity index (χ3v) is 2.12. The van der Waals surface area contributed by atoms with E-state index in [2.05, 4.69) is 6.58 Å². The SMILES string of the molecule is C=C(C1=CC(C)OC(C)=C1)C(C#N)C#N. The molecule has 0 spiro atoms. The minimum atomic E-state index is -0.786. The van der Waals surface area contributed by atoms with Gasteiger partial charge in [0.2, 0.25) is 0 Å². The van der Waals surface area contributed by atoms with E-state index in [1.807, 2.05) is 32.1 Å². The number of hydrogen-bond acceptors (Lipinski definition) is 3. The molecule has 1 aliphatic rings. The van der Waals surface area contributed by atoms with Crippen LogP contribution in [0.4, 0.5) is 0 Å². The van der Waals surface area contributed by atoms with E-state index in [0.29, 0.717) is 5.57 Å². The maximum Gasteiger partial charge on any atom is 0.158 e. The fraction of sp³-hybridized carbons (Fsp3) is 0.333. The fourth-order valence-corrected chi connectivity index (χ4v) is 1.43. The molecule has 0 saturated heterocycles. The number of rotatable bonds is 2. The molecule has 0 aromatic rings. The van der Waals surface area contributed by atoms with Crippen molar-refractivity contribution in [1.29, 1.82) is 10.5 Å². The molecule has 0 aliphatic carbocycles. The summed E-state index contributed by atoms with van der Waals surface area (Å²) in [5.74, 6) is -0.0126. The van der Waals surface area contributed by atoms with Crippen LogP contribution in [0.3, 0.4) is 0 Å². The van der Waals surface area contributed by atoms with Gasteiger partial charge in [0.25, 0.3) is 0 Å². The van der Waals surface area contributed by atoms with Crippen molar-refractivity contribution < 1.29 is 4.74 Å². The Bertz CT molecular complexity index is 404. The average Bonchev–Trinajstić information content (AvgIpc) is 2.18. The minimum Gasteiger partial charge on any atom is -0.491 e. The highest BCUT2D eigenvalue weighted by Gasteiger charge is 2.17. The first-order valence-corrected chi connectivity index (χ1v) is 4.63. The average molecular weight is 200 g/mol. The number of allylic oxidation sites excluding steroid dienone is 4. The Hall–Kier alpha value is -2.00. The van der Waals surface area contributed by atoms with Crippen LogP contribution in [-0.4, -0.2) is 6.10 Å². The molecule has 0 amide bonds. The molecule has 1 heterocycles. The fourth-order valence-electron chi connectivity index (χ4n) is 1.43. The summed E-state index contributed by atoms with van der Waals surface area (Å²) in [6.45, 7) is 7.51. The topological polar surface area (TPSA) is 56.8 Å². The predicted octanol–water partition coefficient (Wildman–Crippen LogP) is 2.45. The van der Waals surface area contributed by atoms with E-state index in [9.17, 15) is 0 Å². The largest absolute Gasteiger partial charge is 0.491 e. The van der Waals surface area contributed by atoms with Gasteiger partial charge in [0.15, 0.2) is 5.92 Å². The van der Waals surface area contributed by atoms with Crippen LogP contribution in [-0.2, 0) is 4.74 Å². The second-order valence-electron chi connectivity index (χ2n) is 3.42. The molecule has 0 radical (unpaired) electrons. The van der Waals surface area contributed by atoms with E-state index >= 15 is 0 Å². The smallest absolute Gasteiger partial charge is 0.158 e. The van der Waals surface area contributed by atoms with Crippen molar-refractivity contribution in [2.75, 3.05) is 0 Å². The molecule has 1 unspecified atom stereocenters. The summed E-state index contributed by atoms with van der Waals surface area (Å²) in [7, 11) is 0. The first-order valence-electron chi connectivity index (χ1n) is 4.63. The van der Waals surface area contributed by atoms with Crippen molar-refractivity contribution in [3.63, 3.8) is 0 Å². The molecule has 0 fully saturated rings. The van der Waals surface area contributed by atoms with Crippen LogP contribution in [0.25, 0.3) is 0 Å². The molecular weight excluding hydrogens is 188 g/mol. The molecule has 1 aliphatic heterocycles. The zero-order valence-electron chi connectivity index (χ0n) is 8.82. The van der Waals surface area contributed by atoms with Gasteiger partial charge in [0.1, 0.15) is 6.10 Å². The van der Waals surface area contributed by atoms with Crippen molar-refractivity contribution in [2.24, 2.45) is 5.92 Å². The highest BCUT2D eigenvalue weighted by Crippen LogP contribution is 2.25. The van der Waals surface area contributed by atoms with Crippen LogP contribution in [0.2, 0.25) is 0 Å². The zero-order chi connectivity index (χ0) is 11.4. The summed E-state index contributed by atoms with van der Waals surface area (Å²) in [6, 6.07) is 3.81. The summed E-state index contributed by atoms with van der Waals surface area (Å²) in [5.41, 5.74) is 1.36. The Morgan fingerprint density at radius 1 is 1.53 bits per heavy atom. The van der Waals surface area contributed by atoms with Crippen LogP contribution in [0.15, 0.2) is 35.6 Å². The summed E-state index contributed by atoms with van der Waals surface area (Å²) in [4.78, 5) is 0. The summed E-state index contributed by atoms with van der Waals surface area (Å²) in [6.07, 6.45) is 3.61. The van der Waals surface area contributed by atoms with Gasteiger partial charge in [-0.2, -0.15) is 10.5 Å². The van der Waals surface area contributed by atoms with E-state index in [0.717, 1.165) is 11.3 Å². The van der Waals surface area contributed by atoms with Crippen molar-refractivity contribution in [3.05, 3.63) is 35.6 Å². The first kappa shape index (κ1) is 11.1. The van der Waals surface area contributed by atoms with Crippen molar-refractivity contribution in [1.82, 2.24) is 0 Å². The van der Waals surface area contributed by atoms with Gasteiger partial charge < -0.3 is 4.74 Å². The van der Waals surface area contributed by atoms with E-state index < -0.39 is 5.92 Å². The molecule has 1 atom stereocenters. The van der Waals surface area contributed by atoms with Crippen molar-refractivity contribution in [3.8, 4) is 12.1 Å². The molecule has 15 heavy (non-hydrogen) atoms. The molecule has 0 saturated carbocycles. The van der Waals surface area contributed by atoms with E-state index in [1.165, 1.54) is 0 Å². The van der Waals surface area contributed by atoms with Gasteiger partial charge in [-0.3, -0.25) is 0 Å². The summed E-state index contributed by atoms with van der Waals surface area (Å²) < 4.78 is 5.39. The predicted molar refractivity (Wildman–Crippen MR) is 56.2 cm³/mol. The maximum atomic E-state index is 8.75. The lowest BCUT2D eigenvalue weighted by atomic mass is 9.93. The maximum absolute atomic E-state index is 8.75. The number of hydrogen-bond donors (Lipinski definition) is 0. The molecule has 76 valence electrons. The van der Waals surface area contributed by atoms with Gasteiger partial charge >= 0.3 is 0 Å². The normalized spacial score (nSPS) is 19.4. The lowest BCUT2D eigenvalue weighted by Crippen LogP contribution is -2.11. The molecule has 0 bridgehead atoms. The molecule has 1 rings (SSSR count). The lowest BCUT2D eigenvalue weighted by molar-refractivity contribution is 0.166.